The third kappa shape index (κ3) is 18.0. The molecule has 0 radical (unpaired) electrons. The van der Waals surface area contributed by atoms with Crippen LogP contribution in [-0.4, -0.2) is 147 Å². The van der Waals surface area contributed by atoms with Crippen LogP contribution in [0.1, 0.15) is 121 Å². The van der Waals surface area contributed by atoms with Crippen molar-refractivity contribution in [2.45, 2.75) is 162 Å². The molecule has 10 N–H and O–H groups in total. The molecule has 4 aromatic carbocycles. The van der Waals surface area contributed by atoms with Crippen LogP contribution in [0.2, 0.25) is 0 Å². The predicted octanol–water partition coefficient (Wildman–Crippen LogP) is 5.88. The number of ether oxygens (including phenoxy) is 3. The van der Waals surface area contributed by atoms with Crippen LogP contribution in [0.15, 0.2) is 96.6 Å². The number of benzene rings is 4. The van der Waals surface area contributed by atoms with Crippen molar-refractivity contribution in [3.05, 3.63) is 130 Å². The molecular weight excluding hydrogens is 1150 g/mol. The minimum atomic E-state index is -2.01. The average molecular weight is 1230 g/mol. The number of unbranched alkanes of at least 4 members (excludes halogenated alkanes) is 1. The van der Waals surface area contributed by atoms with E-state index >= 15 is 0 Å². The van der Waals surface area contributed by atoms with Gasteiger partial charge in [-0.05, 0) is 110 Å². The van der Waals surface area contributed by atoms with Crippen molar-refractivity contribution >= 4 is 64.6 Å². The Hall–Kier alpha value is -8.66. The van der Waals surface area contributed by atoms with Gasteiger partial charge in [-0.15, -0.1) is 0 Å². The lowest BCUT2D eigenvalue weighted by atomic mass is 9.76. The van der Waals surface area contributed by atoms with E-state index in [0.29, 0.717) is 41.9 Å². The maximum absolute atomic E-state index is 14.3. The van der Waals surface area contributed by atoms with Crippen molar-refractivity contribution in [2.75, 3.05) is 36.2 Å². The molecule has 0 aliphatic carbocycles. The number of aliphatic hydroxyl groups excluding tert-OH is 3. The SMILES string of the molecule is CN[C@H](C(=O)NC(C(=O)N(C)[C@H](/C=C(\C)C(=O)O)C(C)C)C(C)(C)C)C(C)(C)c1cccc(NC(=O)OCc2cc(C)c(OC3OC(C(=O)O)C(O)C(O)C3O)c(NC(=O)CCNC(=O)CCCCC(=O)N3Cc4ccccc4C#Cc4ccccc43)c2)c1. The van der Waals surface area contributed by atoms with Gasteiger partial charge in [-0.25, -0.2) is 14.4 Å². The van der Waals surface area contributed by atoms with Gasteiger partial charge in [0.25, 0.3) is 0 Å². The number of aryl methyl sites for hydroxylation is 1. The van der Waals surface area contributed by atoms with Gasteiger partial charge in [-0.2, -0.15) is 0 Å². The standard InChI is InChI=1S/C66H83N7O16/c1-37(2)48(32-39(4)61(82)83)72(11)60(81)58(65(5,6)7)71-59(80)57(67-10)66(8,9)44-22-18-23-45(34-44)69-64(86)87-36-40-31-38(3)55(88-63-54(79)52(77)53(78)56(89-63)62(84)85)46(33-40)70-50(75)29-30-68-49(74)25-16-17-26-51(76)73-35-43-21-13-12-19-41(43)27-28-42-20-14-15-24-47(42)73/h12-15,18-24,31-34,37,48,52-54,56-58,63,67,77-79H,16-17,25-26,29-30,35-36H2,1-11H3,(H,68,74)(H,69,86)(H,70,75)(H,71,80)(H,82,83)(H,84,85)/b39-32+/t48-,52?,53?,54?,56?,57-,58?,63?/m1/s1. The van der Waals surface area contributed by atoms with Crippen molar-refractivity contribution in [1.82, 2.24) is 20.9 Å². The zero-order valence-corrected chi connectivity index (χ0v) is 52.1. The van der Waals surface area contributed by atoms with Crippen molar-refractivity contribution in [3.63, 3.8) is 0 Å². The van der Waals surface area contributed by atoms with Crippen LogP contribution in [0.5, 0.6) is 5.75 Å². The molecular formula is C66H83N7O16. The van der Waals surface area contributed by atoms with Gasteiger partial charge < -0.3 is 70.8 Å². The number of anilines is 3. The van der Waals surface area contributed by atoms with Crippen LogP contribution in [-0.2, 0) is 61.6 Å². The van der Waals surface area contributed by atoms with Gasteiger partial charge in [0, 0.05) is 60.7 Å². The summed E-state index contributed by atoms with van der Waals surface area (Å²) in [5, 5.41) is 65.1. The number of carboxylic acids is 2. The molecule has 0 saturated carbocycles. The van der Waals surface area contributed by atoms with Crippen molar-refractivity contribution < 1.29 is 78.1 Å². The van der Waals surface area contributed by atoms with Crippen LogP contribution in [0.25, 0.3) is 0 Å². The van der Waals surface area contributed by atoms with E-state index in [2.05, 4.69) is 38.4 Å². The fourth-order valence-corrected chi connectivity index (χ4v) is 10.6. The summed E-state index contributed by atoms with van der Waals surface area (Å²) in [6.45, 7) is 15.7. The molecule has 4 aromatic rings. The first-order chi connectivity index (χ1) is 41.9. The summed E-state index contributed by atoms with van der Waals surface area (Å²) < 4.78 is 17.0. The summed E-state index contributed by atoms with van der Waals surface area (Å²) in [4.78, 5) is 109. The van der Waals surface area contributed by atoms with E-state index in [9.17, 15) is 63.9 Å². The molecule has 23 heteroatoms. The minimum absolute atomic E-state index is 0.0579. The van der Waals surface area contributed by atoms with Crippen LogP contribution >= 0.6 is 0 Å². The van der Waals surface area contributed by atoms with Crippen LogP contribution in [0.4, 0.5) is 21.9 Å². The Labute approximate surface area is 518 Å². The van der Waals surface area contributed by atoms with Crippen molar-refractivity contribution in [1.29, 1.82) is 0 Å². The van der Waals surface area contributed by atoms with Gasteiger partial charge >= 0.3 is 18.0 Å². The van der Waals surface area contributed by atoms with Crippen molar-refractivity contribution in [3.8, 4) is 17.6 Å². The summed E-state index contributed by atoms with van der Waals surface area (Å²) >= 11 is 0. The number of carbonyl (C=O) groups is 8. The van der Waals surface area contributed by atoms with E-state index in [4.69, 9.17) is 14.2 Å². The zero-order chi connectivity index (χ0) is 65.7. The first kappa shape index (κ1) is 69.4. The molecule has 478 valence electrons. The number of rotatable bonds is 25. The third-order valence-corrected chi connectivity index (χ3v) is 15.7. The minimum Gasteiger partial charge on any atom is -0.479 e. The van der Waals surface area contributed by atoms with Gasteiger partial charge in [0.05, 0.1) is 30.0 Å². The fourth-order valence-electron chi connectivity index (χ4n) is 10.6. The first-order valence-corrected chi connectivity index (χ1v) is 29.4. The Bertz CT molecular complexity index is 3360. The lowest BCUT2D eigenvalue weighted by Gasteiger charge is -2.40. The molecule has 23 nitrogen and oxygen atoms in total. The van der Waals surface area contributed by atoms with Crippen LogP contribution in [0, 0.1) is 30.1 Å². The molecule has 6 unspecified atom stereocenters. The van der Waals surface area contributed by atoms with E-state index in [1.54, 1.807) is 43.3 Å². The number of hydrogen-bond acceptors (Lipinski definition) is 15. The number of likely N-dealkylation sites (N-methyl/N-ethyl adjacent to an activating group) is 2. The highest BCUT2D eigenvalue weighted by atomic mass is 16.7. The average Bonchev–Trinajstić information content (AvgIpc) is 2.01. The number of carboxylic acid groups (broad SMARTS) is 2. The zero-order valence-electron chi connectivity index (χ0n) is 52.1. The highest BCUT2D eigenvalue weighted by Gasteiger charge is 2.49. The van der Waals surface area contributed by atoms with Gasteiger partial charge in [-0.3, -0.25) is 29.3 Å². The Morgan fingerprint density at radius 3 is 2.12 bits per heavy atom. The summed E-state index contributed by atoms with van der Waals surface area (Å²) in [7, 11) is 3.19. The molecule has 8 atom stereocenters. The molecule has 89 heavy (non-hydrogen) atoms. The molecule has 2 aliphatic heterocycles. The number of aliphatic hydroxyl groups is 3. The second-order valence-electron chi connectivity index (χ2n) is 24.3. The largest absolute Gasteiger partial charge is 0.479 e. The van der Waals surface area contributed by atoms with E-state index in [1.807, 2.05) is 97.0 Å². The quantitative estimate of drug-likeness (QED) is 0.0210. The topological polar surface area (TPSA) is 332 Å². The van der Waals surface area contributed by atoms with E-state index in [-0.39, 0.29) is 72.7 Å². The van der Waals surface area contributed by atoms with E-state index in [1.165, 1.54) is 37.0 Å². The number of hydrogen-bond donors (Lipinski definition) is 10. The van der Waals surface area contributed by atoms with E-state index < -0.39 is 95.4 Å². The highest BCUT2D eigenvalue weighted by molar-refractivity contribution is 5.96. The number of nitrogens with zero attached hydrogens (tertiary/aromatic N) is 2. The van der Waals surface area contributed by atoms with Gasteiger partial charge in [-0.1, -0.05) is 109 Å². The Morgan fingerprint density at radius 2 is 1.46 bits per heavy atom. The highest BCUT2D eigenvalue weighted by Crippen LogP contribution is 2.36. The molecule has 2 aliphatic rings. The molecule has 6 rings (SSSR count). The van der Waals surface area contributed by atoms with Crippen LogP contribution < -0.4 is 36.2 Å². The number of amides is 6. The fraction of sp³-hybridized carbons (Fsp3) is 0.455. The number of para-hydroxylation sites is 1. The van der Waals surface area contributed by atoms with Crippen LogP contribution in [0.3, 0.4) is 0 Å². The third-order valence-electron chi connectivity index (χ3n) is 15.7. The number of nitrogens with one attached hydrogen (secondary N) is 5. The molecule has 0 bridgehead atoms. The van der Waals surface area contributed by atoms with Gasteiger partial charge in [0.1, 0.15) is 36.7 Å². The summed E-state index contributed by atoms with van der Waals surface area (Å²) in [6, 6.07) is 22.2. The molecule has 2 heterocycles. The molecule has 0 spiro atoms. The maximum atomic E-state index is 14.3. The summed E-state index contributed by atoms with van der Waals surface area (Å²) in [5.41, 5.74) is 2.95. The smallest absolute Gasteiger partial charge is 0.411 e. The van der Waals surface area contributed by atoms with Crippen molar-refractivity contribution in [2.24, 2.45) is 11.3 Å². The number of carbonyl (C=O) groups excluding carboxylic acids is 6. The number of aliphatic carboxylic acids is 2. The van der Waals surface area contributed by atoms with Gasteiger partial charge in [0.15, 0.2) is 6.10 Å². The molecule has 1 fully saturated rings. The summed E-state index contributed by atoms with van der Waals surface area (Å²) in [5.74, 6) is 1.33. The lowest BCUT2D eigenvalue weighted by molar-refractivity contribution is -0.271. The normalized spacial score (nSPS) is 18.4. The molecule has 0 aromatic heterocycles. The molecule has 6 amide bonds. The second-order valence-corrected chi connectivity index (χ2v) is 24.3. The molecule has 1 saturated heterocycles. The lowest BCUT2D eigenvalue weighted by Crippen LogP contribution is -2.61. The first-order valence-electron chi connectivity index (χ1n) is 29.4. The second kappa shape index (κ2) is 30.5. The predicted molar refractivity (Wildman–Crippen MR) is 331 cm³/mol. The van der Waals surface area contributed by atoms with E-state index in [0.717, 1.165) is 16.7 Å². The monoisotopic (exact) mass is 1230 g/mol. The Kier molecular flexibility index (Phi) is 23.8. The summed E-state index contributed by atoms with van der Waals surface area (Å²) in [6.07, 6.45) is -8.40. The van der Waals surface area contributed by atoms with Gasteiger partial charge in [0.2, 0.25) is 35.8 Å². The Balaban J connectivity index is 1.09. The maximum Gasteiger partial charge on any atom is 0.411 e. The Morgan fingerprint density at radius 1 is 0.798 bits per heavy atom. The number of fused-ring (bicyclic) bond motifs is 2.